The number of thioether (sulfide) groups is 1. The van der Waals surface area contributed by atoms with Crippen molar-refractivity contribution in [1.29, 1.82) is 0 Å². The van der Waals surface area contributed by atoms with E-state index < -0.39 is 0 Å². The van der Waals surface area contributed by atoms with E-state index in [0.29, 0.717) is 17.3 Å². The number of aryl methyl sites for hydroxylation is 1. The highest BCUT2D eigenvalue weighted by Crippen LogP contribution is 2.49. The van der Waals surface area contributed by atoms with Crippen molar-refractivity contribution in [2.75, 3.05) is 24.0 Å². The molecule has 2 aromatic heterocycles. The molecule has 1 atom stereocenters. The summed E-state index contributed by atoms with van der Waals surface area (Å²) >= 11 is 1.51. The first-order valence-electron chi connectivity index (χ1n) is 12.2. The molecule has 6 rings (SSSR count). The first-order chi connectivity index (χ1) is 18.6. The van der Waals surface area contributed by atoms with Crippen LogP contribution in [0.2, 0.25) is 0 Å². The molecule has 4 heterocycles. The Morgan fingerprint density at radius 3 is 2.71 bits per heavy atom. The third-order valence-corrected chi connectivity index (χ3v) is 7.74. The largest absolute Gasteiger partial charge is 0.454 e. The summed E-state index contributed by atoms with van der Waals surface area (Å²) in [5.41, 5.74) is 4.30. The van der Waals surface area contributed by atoms with Crippen LogP contribution in [0.1, 0.15) is 22.1 Å². The zero-order valence-electron chi connectivity index (χ0n) is 20.7. The van der Waals surface area contributed by atoms with E-state index in [1.165, 1.54) is 11.8 Å². The molecule has 1 unspecified atom stereocenters. The maximum atomic E-state index is 13.5. The molecular formula is C28H25N5O4S. The Balaban J connectivity index is 1.40. The van der Waals surface area contributed by atoms with E-state index in [-0.39, 0.29) is 42.7 Å². The van der Waals surface area contributed by atoms with Gasteiger partial charge in [-0.05, 0) is 29.8 Å². The lowest BCUT2D eigenvalue weighted by Crippen LogP contribution is -2.42. The first kappa shape index (κ1) is 24.1. The van der Waals surface area contributed by atoms with Gasteiger partial charge in [0.2, 0.25) is 18.6 Å². The number of hydrogen-bond acceptors (Lipinski definition) is 7. The van der Waals surface area contributed by atoms with Crippen LogP contribution in [0, 0.1) is 0 Å². The maximum absolute atomic E-state index is 13.5. The molecule has 0 fully saturated rings. The third kappa shape index (κ3) is 4.58. The van der Waals surface area contributed by atoms with Gasteiger partial charge in [-0.2, -0.15) is 5.10 Å². The van der Waals surface area contributed by atoms with Crippen LogP contribution in [0.3, 0.4) is 0 Å². The molecule has 0 bridgehead atoms. The Labute approximate surface area is 223 Å². The van der Waals surface area contributed by atoms with Gasteiger partial charge >= 0.3 is 0 Å². The molecule has 1 N–H and O–H groups in total. The number of carbonyl (C=O) groups is 2. The van der Waals surface area contributed by atoms with E-state index >= 15 is 0 Å². The Bertz CT molecular complexity index is 1490. The zero-order chi connectivity index (χ0) is 26.1. The van der Waals surface area contributed by atoms with E-state index in [1.807, 2.05) is 73.8 Å². The topological polar surface area (TPSA) is 98.6 Å². The van der Waals surface area contributed by atoms with Gasteiger partial charge in [0.05, 0.1) is 28.9 Å². The summed E-state index contributed by atoms with van der Waals surface area (Å²) in [4.78, 5) is 32.3. The molecule has 2 aliphatic heterocycles. The minimum atomic E-state index is -0.274. The number of nitrogens with one attached hydrogen (secondary N) is 1. The number of pyridine rings is 1. The molecule has 0 spiro atoms. The summed E-state index contributed by atoms with van der Waals surface area (Å²) in [6, 6.07) is 21.3. The van der Waals surface area contributed by atoms with Gasteiger partial charge in [-0.1, -0.05) is 42.5 Å². The normalized spacial score (nSPS) is 16.2. The number of hydrogen-bond donors (Lipinski definition) is 1. The Morgan fingerprint density at radius 2 is 1.89 bits per heavy atom. The molecule has 2 aliphatic rings. The summed E-state index contributed by atoms with van der Waals surface area (Å²) in [6.45, 7) is 0.342. The number of ether oxygens (including phenoxy) is 2. The van der Waals surface area contributed by atoms with Crippen molar-refractivity contribution in [3.05, 3.63) is 89.7 Å². The van der Waals surface area contributed by atoms with Crippen LogP contribution in [-0.2, 0) is 23.2 Å². The molecule has 2 amide bonds. The van der Waals surface area contributed by atoms with Crippen LogP contribution in [-0.4, -0.2) is 45.7 Å². The monoisotopic (exact) mass is 527 g/mol. The fourth-order valence-corrected chi connectivity index (χ4v) is 5.92. The van der Waals surface area contributed by atoms with Crippen molar-refractivity contribution in [2.24, 2.45) is 7.05 Å². The number of amides is 2. The van der Waals surface area contributed by atoms with E-state index in [9.17, 15) is 9.59 Å². The molecule has 9 nitrogen and oxygen atoms in total. The highest BCUT2D eigenvalue weighted by Gasteiger charge is 2.37. The quantitative estimate of drug-likeness (QED) is 0.408. The molecule has 0 saturated carbocycles. The van der Waals surface area contributed by atoms with Gasteiger partial charge in [-0.25, -0.2) is 0 Å². The highest BCUT2D eigenvalue weighted by atomic mass is 32.2. The van der Waals surface area contributed by atoms with Gasteiger partial charge in [-0.3, -0.25) is 24.2 Å². The van der Waals surface area contributed by atoms with Crippen LogP contribution in [0.4, 0.5) is 5.82 Å². The second kappa shape index (κ2) is 10.2. The summed E-state index contributed by atoms with van der Waals surface area (Å²) in [5.74, 6) is 1.75. The van der Waals surface area contributed by atoms with E-state index in [2.05, 4.69) is 10.3 Å². The number of fused-ring (bicyclic) bond motifs is 2. The SMILES string of the molecule is Cn1nc(-c2ccccc2)c2c1N(CC(=O)NCc1ccccn1)C(=O)CSC2c1ccc2c(c1)OCO2. The van der Waals surface area contributed by atoms with Crippen LogP contribution < -0.4 is 19.7 Å². The Hall–Kier alpha value is -4.31. The summed E-state index contributed by atoms with van der Waals surface area (Å²) in [5, 5.41) is 7.52. The van der Waals surface area contributed by atoms with Crippen molar-refractivity contribution in [1.82, 2.24) is 20.1 Å². The van der Waals surface area contributed by atoms with Crippen molar-refractivity contribution in [2.45, 2.75) is 11.8 Å². The zero-order valence-corrected chi connectivity index (χ0v) is 21.5. The number of benzene rings is 2. The lowest BCUT2D eigenvalue weighted by Gasteiger charge is -2.22. The molecule has 0 saturated heterocycles. The number of nitrogens with zero attached hydrogens (tertiary/aromatic N) is 4. The molecule has 38 heavy (non-hydrogen) atoms. The third-order valence-electron chi connectivity index (χ3n) is 6.49. The average Bonchev–Trinajstić information content (AvgIpc) is 3.52. The van der Waals surface area contributed by atoms with Gasteiger partial charge < -0.3 is 14.8 Å². The van der Waals surface area contributed by atoms with Gasteiger partial charge in [0.25, 0.3) is 0 Å². The van der Waals surface area contributed by atoms with Crippen LogP contribution >= 0.6 is 11.8 Å². The molecule has 2 aromatic carbocycles. The maximum Gasteiger partial charge on any atom is 0.240 e. The van der Waals surface area contributed by atoms with Gasteiger partial charge in [-0.15, -0.1) is 11.8 Å². The van der Waals surface area contributed by atoms with Crippen molar-refractivity contribution in [3.8, 4) is 22.8 Å². The molecule has 0 radical (unpaired) electrons. The minimum Gasteiger partial charge on any atom is -0.454 e. The van der Waals surface area contributed by atoms with Crippen LogP contribution in [0.25, 0.3) is 11.3 Å². The fraction of sp³-hybridized carbons (Fsp3) is 0.214. The second-order valence-corrected chi connectivity index (χ2v) is 10.1. The standard InChI is InChI=1S/C28H25N5O4S/c1-32-28-25(26(31-32)18-7-3-2-4-8-18)27(19-10-11-21-22(13-19)37-17-36-21)38-16-24(35)33(28)15-23(34)30-14-20-9-5-6-12-29-20/h2-13,27H,14-17H2,1H3,(H,30,34). The number of anilines is 1. The average molecular weight is 528 g/mol. The van der Waals surface area contributed by atoms with Crippen LogP contribution in [0.5, 0.6) is 11.5 Å². The Morgan fingerprint density at radius 1 is 1.08 bits per heavy atom. The predicted molar refractivity (Wildman–Crippen MR) is 144 cm³/mol. The smallest absolute Gasteiger partial charge is 0.240 e. The summed E-state index contributed by atoms with van der Waals surface area (Å²) in [6.07, 6.45) is 1.68. The molecule has 192 valence electrons. The van der Waals surface area contributed by atoms with Gasteiger partial charge in [0, 0.05) is 24.4 Å². The number of aromatic nitrogens is 3. The highest BCUT2D eigenvalue weighted by molar-refractivity contribution is 8.00. The van der Waals surface area contributed by atoms with E-state index in [0.717, 1.165) is 28.1 Å². The van der Waals surface area contributed by atoms with E-state index in [1.54, 1.807) is 15.8 Å². The van der Waals surface area contributed by atoms with Crippen molar-refractivity contribution in [3.63, 3.8) is 0 Å². The minimum absolute atomic E-state index is 0.124. The van der Waals surface area contributed by atoms with Crippen LogP contribution in [0.15, 0.2) is 72.9 Å². The first-order valence-corrected chi connectivity index (χ1v) is 13.2. The Kier molecular flexibility index (Phi) is 6.47. The lowest BCUT2D eigenvalue weighted by molar-refractivity contribution is -0.123. The molecule has 4 aromatic rings. The summed E-state index contributed by atoms with van der Waals surface area (Å²) in [7, 11) is 1.81. The van der Waals surface area contributed by atoms with Crippen molar-refractivity contribution >= 4 is 29.4 Å². The molecule has 10 heteroatoms. The van der Waals surface area contributed by atoms with Gasteiger partial charge in [0.1, 0.15) is 12.4 Å². The second-order valence-electron chi connectivity index (χ2n) is 8.96. The van der Waals surface area contributed by atoms with Crippen molar-refractivity contribution < 1.29 is 19.1 Å². The molecular weight excluding hydrogens is 502 g/mol. The molecule has 0 aliphatic carbocycles. The number of rotatable bonds is 6. The lowest BCUT2D eigenvalue weighted by atomic mass is 9.99. The van der Waals surface area contributed by atoms with E-state index in [4.69, 9.17) is 14.6 Å². The number of carbonyl (C=O) groups excluding carboxylic acids is 2. The predicted octanol–water partition coefficient (Wildman–Crippen LogP) is 3.70. The van der Waals surface area contributed by atoms with Gasteiger partial charge in [0.15, 0.2) is 11.5 Å². The summed E-state index contributed by atoms with van der Waals surface area (Å²) < 4.78 is 12.8. The fourth-order valence-electron chi connectivity index (χ4n) is 4.73.